The molecular weight excluding hydrogens is 312 g/mol. The highest BCUT2D eigenvalue weighted by molar-refractivity contribution is 7.85. The number of hydrogen-bond donors (Lipinski definition) is 1. The van der Waals surface area contributed by atoms with Gasteiger partial charge in [-0.2, -0.15) is 0 Å². The summed E-state index contributed by atoms with van der Waals surface area (Å²) in [4.78, 5) is 9.62. The minimum atomic E-state index is -4.48. The monoisotopic (exact) mass is 321 g/mol. The van der Waals surface area contributed by atoms with Crippen molar-refractivity contribution in [2.24, 2.45) is 10.3 Å². The Balaban J connectivity index is 2.01. The molecule has 0 aliphatic heterocycles. The van der Waals surface area contributed by atoms with Crippen molar-refractivity contribution in [2.45, 2.75) is 4.90 Å². The minimum absolute atomic E-state index is 0.0543. The van der Waals surface area contributed by atoms with Crippen molar-refractivity contribution in [1.82, 2.24) is 0 Å². The van der Waals surface area contributed by atoms with Gasteiger partial charge in [0.2, 0.25) is 0 Å². The predicted molar refractivity (Wildman–Crippen MR) is 75.6 cm³/mol. The highest BCUT2D eigenvalue weighted by Gasteiger charge is 2.03. The number of non-ortho nitro benzene ring substituents is 1. The fraction of sp³-hybridized carbons (Fsp3) is 0. The molecule has 0 fully saturated rings. The molecule has 10 heteroatoms. The zero-order valence-electron chi connectivity index (χ0n) is 10.9. The minimum Gasteiger partial charge on any atom is -0.744 e. The van der Waals surface area contributed by atoms with E-state index in [4.69, 9.17) is 0 Å². The molecule has 1 N–H and O–H groups in total. The van der Waals surface area contributed by atoms with Crippen molar-refractivity contribution in [3.8, 4) is 0 Å². The van der Waals surface area contributed by atoms with Gasteiger partial charge < -0.3 is 4.55 Å². The second-order valence-electron chi connectivity index (χ2n) is 4.06. The van der Waals surface area contributed by atoms with Crippen molar-refractivity contribution in [1.29, 1.82) is 0 Å². The van der Waals surface area contributed by atoms with E-state index in [0.29, 0.717) is 11.4 Å². The number of rotatable bonds is 5. The predicted octanol–water partition coefficient (Wildman–Crippen LogP) is 2.61. The van der Waals surface area contributed by atoms with Gasteiger partial charge in [0.1, 0.15) is 10.1 Å². The maximum absolute atomic E-state index is 10.8. The third kappa shape index (κ3) is 4.07. The van der Waals surface area contributed by atoms with E-state index in [1.54, 1.807) is 0 Å². The second kappa shape index (κ2) is 6.28. The Hall–Kier alpha value is -2.85. The largest absolute Gasteiger partial charge is 0.744 e. The molecule has 2 aromatic carbocycles. The molecule has 0 unspecified atom stereocenters. The molecule has 0 radical (unpaired) electrons. The van der Waals surface area contributed by atoms with Gasteiger partial charge in [0.15, 0.2) is 0 Å². The second-order valence-corrected chi connectivity index (χ2v) is 5.44. The average Bonchev–Trinajstić information content (AvgIpc) is 2.47. The van der Waals surface area contributed by atoms with Crippen LogP contribution in [-0.2, 0) is 10.1 Å². The van der Waals surface area contributed by atoms with Gasteiger partial charge in [-0.1, -0.05) is 5.22 Å². The number of benzene rings is 2. The smallest absolute Gasteiger partial charge is 0.269 e. The Labute approximate surface area is 125 Å². The lowest BCUT2D eigenvalue weighted by atomic mass is 10.3. The van der Waals surface area contributed by atoms with Gasteiger partial charge in [0.25, 0.3) is 5.69 Å². The summed E-state index contributed by atoms with van der Waals surface area (Å²) in [6.45, 7) is 0. The fourth-order valence-electron chi connectivity index (χ4n) is 1.48. The number of hydrogen-bond acceptors (Lipinski definition) is 7. The summed E-state index contributed by atoms with van der Waals surface area (Å²) in [5, 5.41) is 17.9. The van der Waals surface area contributed by atoms with Crippen LogP contribution in [0.25, 0.3) is 0 Å². The first-order chi connectivity index (χ1) is 10.4. The Kier molecular flexibility index (Phi) is 4.44. The molecule has 0 amide bonds. The maximum Gasteiger partial charge on any atom is 0.269 e. The molecule has 9 nitrogen and oxygen atoms in total. The van der Waals surface area contributed by atoms with Gasteiger partial charge >= 0.3 is 0 Å². The van der Waals surface area contributed by atoms with Crippen LogP contribution in [0, 0.1) is 10.1 Å². The molecule has 0 heterocycles. The molecular formula is C12H9N4O5S-. The molecule has 114 valence electrons. The van der Waals surface area contributed by atoms with E-state index in [9.17, 15) is 23.1 Å². The zero-order chi connectivity index (χ0) is 16.2. The Bertz CT molecular complexity index is 800. The molecule has 2 aromatic rings. The molecule has 0 spiro atoms. The summed E-state index contributed by atoms with van der Waals surface area (Å²) < 4.78 is 32.3. The topological polar surface area (TPSA) is 137 Å². The van der Waals surface area contributed by atoms with Gasteiger partial charge in [-0.15, -0.1) is 5.11 Å². The number of anilines is 1. The van der Waals surface area contributed by atoms with Crippen LogP contribution in [-0.4, -0.2) is 17.9 Å². The molecule has 0 saturated carbocycles. The number of nitrogens with one attached hydrogen (secondary N) is 1. The SMILES string of the molecule is O=[N+]([O-])c1ccc(N=NNc2ccc(S(=O)(=O)[O-])cc2)cc1. The van der Waals surface area contributed by atoms with E-state index in [-0.39, 0.29) is 10.6 Å². The van der Waals surface area contributed by atoms with Gasteiger partial charge in [-0.3, -0.25) is 15.5 Å². The lowest BCUT2D eigenvalue weighted by Gasteiger charge is -2.06. The standard InChI is InChI=1S/C12H10N4O5S/c17-16(18)11-5-1-9(2-6-11)13-15-14-10-3-7-12(8-4-10)22(19,20)21/h1-8H,(H,13,14)(H,19,20,21)/p-1. The first kappa shape index (κ1) is 15.5. The van der Waals surface area contributed by atoms with Crippen LogP contribution in [0.5, 0.6) is 0 Å². The fourth-order valence-corrected chi connectivity index (χ4v) is 1.95. The summed E-state index contributed by atoms with van der Waals surface area (Å²) in [6.07, 6.45) is 0. The van der Waals surface area contributed by atoms with E-state index in [2.05, 4.69) is 15.8 Å². The molecule has 0 aliphatic rings. The van der Waals surface area contributed by atoms with E-state index in [1.165, 1.54) is 36.4 Å². The van der Waals surface area contributed by atoms with Gasteiger partial charge in [-0.05, 0) is 36.4 Å². The van der Waals surface area contributed by atoms with Crippen LogP contribution >= 0.6 is 0 Å². The van der Waals surface area contributed by atoms with Crippen LogP contribution in [0.1, 0.15) is 0 Å². The average molecular weight is 321 g/mol. The zero-order valence-corrected chi connectivity index (χ0v) is 11.7. The van der Waals surface area contributed by atoms with Crippen LogP contribution in [0.2, 0.25) is 0 Å². The van der Waals surface area contributed by atoms with Crippen LogP contribution < -0.4 is 5.43 Å². The normalized spacial score (nSPS) is 11.5. The van der Waals surface area contributed by atoms with Crippen LogP contribution in [0.15, 0.2) is 63.8 Å². The quantitative estimate of drug-likeness (QED) is 0.389. The summed E-state index contributed by atoms with van der Waals surface area (Å²) in [5.41, 5.74) is 3.31. The Morgan fingerprint density at radius 3 is 2.09 bits per heavy atom. The van der Waals surface area contributed by atoms with E-state index >= 15 is 0 Å². The summed E-state index contributed by atoms with van der Waals surface area (Å²) >= 11 is 0. The molecule has 2 rings (SSSR count). The van der Waals surface area contributed by atoms with Crippen molar-refractivity contribution in [3.05, 3.63) is 58.6 Å². The molecule has 0 aliphatic carbocycles. The van der Waals surface area contributed by atoms with Crippen molar-refractivity contribution in [3.63, 3.8) is 0 Å². The van der Waals surface area contributed by atoms with Gasteiger partial charge in [-0.25, -0.2) is 8.42 Å². The highest BCUT2D eigenvalue weighted by atomic mass is 32.2. The molecule has 0 aromatic heterocycles. The molecule has 0 saturated heterocycles. The molecule has 22 heavy (non-hydrogen) atoms. The van der Waals surface area contributed by atoms with E-state index < -0.39 is 15.0 Å². The van der Waals surface area contributed by atoms with Crippen molar-refractivity contribution >= 4 is 27.2 Å². The number of nitrogens with zero attached hydrogens (tertiary/aromatic N) is 3. The Morgan fingerprint density at radius 2 is 1.59 bits per heavy atom. The highest BCUT2D eigenvalue weighted by Crippen LogP contribution is 2.19. The lowest BCUT2D eigenvalue weighted by molar-refractivity contribution is -0.384. The summed E-state index contributed by atoms with van der Waals surface area (Å²) in [5.74, 6) is 0. The van der Waals surface area contributed by atoms with Crippen LogP contribution in [0.4, 0.5) is 17.1 Å². The van der Waals surface area contributed by atoms with Crippen molar-refractivity contribution in [2.75, 3.05) is 5.43 Å². The van der Waals surface area contributed by atoms with Gasteiger partial charge in [0.05, 0.1) is 21.2 Å². The number of nitro benzene ring substituents is 1. The Morgan fingerprint density at radius 1 is 1.00 bits per heavy atom. The van der Waals surface area contributed by atoms with Gasteiger partial charge in [0, 0.05) is 12.1 Å². The lowest BCUT2D eigenvalue weighted by Crippen LogP contribution is -1.98. The molecule has 0 atom stereocenters. The van der Waals surface area contributed by atoms with E-state index in [1.807, 2.05) is 0 Å². The van der Waals surface area contributed by atoms with Crippen molar-refractivity contribution < 1.29 is 17.9 Å². The first-order valence-corrected chi connectivity index (χ1v) is 7.24. The summed E-state index contributed by atoms with van der Waals surface area (Å²) in [6, 6.07) is 10.5. The first-order valence-electron chi connectivity index (χ1n) is 5.83. The summed E-state index contributed by atoms with van der Waals surface area (Å²) in [7, 11) is -4.48. The third-order valence-electron chi connectivity index (χ3n) is 2.55. The molecule has 0 bridgehead atoms. The third-order valence-corrected chi connectivity index (χ3v) is 3.40. The van der Waals surface area contributed by atoms with E-state index in [0.717, 1.165) is 12.1 Å². The maximum atomic E-state index is 10.8. The number of nitro groups is 1. The van der Waals surface area contributed by atoms with Crippen LogP contribution in [0.3, 0.4) is 0 Å².